The van der Waals surface area contributed by atoms with Crippen molar-refractivity contribution in [2.45, 2.75) is 20.8 Å². The Morgan fingerprint density at radius 2 is 1.77 bits per heavy atom. The standard InChI is InChI=1S/C20H16Cl2O4/c1-20(2,3)19(24)26-18-16(23)13-6-4-5-7-15(13)25-17(18)12-9-8-11(21)10-14(12)22/h4-10H,1-3H3. The van der Waals surface area contributed by atoms with Gasteiger partial charge >= 0.3 is 5.97 Å². The van der Waals surface area contributed by atoms with Crippen molar-refractivity contribution in [2.24, 2.45) is 5.41 Å². The van der Waals surface area contributed by atoms with Crippen LogP contribution in [0.3, 0.4) is 0 Å². The van der Waals surface area contributed by atoms with Crippen LogP contribution in [-0.2, 0) is 4.79 Å². The van der Waals surface area contributed by atoms with Crippen molar-refractivity contribution in [1.29, 1.82) is 0 Å². The normalized spacial score (nSPS) is 11.6. The summed E-state index contributed by atoms with van der Waals surface area (Å²) in [4.78, 5) is 25.3. The molecule has 0 fully saturated rings. The van der Waals surface area contributed by atoms with E-state index in [4.69, 9.17) is 32.4 Å². The molecule has 0 atom stereocenters. The quantitative estimate of drug-likeness (QED) is 0.525. The summed E-state index contributed by atoms with van der Waals surface area (Å²) < 4.78 is 11.3. The number of hydrogen-bond acceptors (Lipinski definition) is 4. The molecule has 0 radical (unpaired) electrons. The molecule has 0 saturated heterocycles. The number of benzene rings is 2. The minimum absolute atomic E-state index is 0.0907. The number of rotatable bonds is 2. The van der Waals surface area contributed by atoms with Crippen molar-refractivity contribution >= 4 is 40.1 Å². The molecule has 3 rings (SSSR count). The van der Waals surface area contributed by atoms with Crippen LogP contribution in [-0.4, -0.2) is 5.97 Å². The Bertz CT molecular complexity index is 1060. The van der Waals surface area contributed by atoms with Gasteiger partial charge in [0.15, 0.2) is 5.76 Å². The molecule has 0 bridgehead atoms. The molecule has 0 N–H and O–H groups in total. The predicted molar refractivity (Wildman–Crippen MR) is 103 cm³/mol. The van der Waals surface area contributed by atoms with Crippen LogP contribution in [0.1, 0.15) is 20.8 Å². The first-order valence-electron chi connectivity index (χ1n) is 7.92. The fourth-order valence-corrected chi connectivity index (χ4v) is 2.81. The summed E-state index contributed by atoms with van der Waals surface area (Å²) in [5.41, 5.74) is -0.450. The van der Waals surface area contributed by atoms with Crippen LogP contribution in [0, 0.1) is 5.41 Å². The molecule has 6 heteroatoms. The predicted octanol–water partition coefficient (Wildman–Crippen LogP) is 5.72. The molecule has 2 aromatic carbocycles. The van der Waals surface area contributed by atoms with E-state index in [2.05, 4.69) is 0 Å². The molecule has 1 aromatic heterocycles. The second-order valence-electron chi connectivity index (χ2n) is 6.85. The van der Waals surface area contributed by atoms with Gasteiger partial charge in [0.25, 0.3) is 0 Å². The number of para-hydroxylation sites is 1. The molecule has 0 amide bonds. The lowest BCUT2D eigenvalue weighted by atomic mass is 9.97. The molecule has 1 heterocycles. The Morgan fingerprint density at radius 1 is 1.08 bits per heavy atom. The molecular weight excluding hydrogens is 375 g/mol. The van der Waals surface area contributed by atoms with Gasteiger partial charge in [-0.3, -0.25) is 9.59 Å². The number of esters is 1. The number of halogens is 2. The van der Waals surface area contributed by atoms with Crippen molar-refractivity contribution < 1.29 is 13.9 Å². The Kier molecular flexibility index (Phi) is 4.82. The number of ether oxygens (including phenoxy) is 1. The first kappa shape index (κ1) is 18.5. The molecule has 0 aliphatic heterocycles. The number of carbonyl (C=O) groups excluding carboxylic acids is 1. The van der Waals surface area contributed by atoms with Crippen LogP contribution in [0.25, 0.3) is 22.3 Å². The van der Waals surface area contributed by atoms with Crippen LogP contribution < -0.4 is 10.2 Å². The summed E-state index contributed by atoms with van der Waals surface area (Å²) >= 11 is 12.2. The van der Waals surface area contributed by atoms with Crippen LogP contribution in [0.5, 0.6) is 5.75 Å². The highest BCUT2D eigenvalue weighted by molar-refractivity contribution is 6.36. The Hall–Kier alpha value is -2.30. The summed E-state index contributed by atoms with van der Waals surface area (Å²) in [6, 6.07) is 11.5. The van der Waals surface area contributed by atoms with Crippen molar-refractivity contribution in [2.75, 3.05) is 0 Å². The number of hydrogen-bond donors (Lipinski definition) is 0. The third-order valence-corrected chi connectivity index (χ3v) is 4.29. The minimum Gasteiger partial charge on any atom is -0.452 e. The Morgan fingerprint density at radius 3 is 2.42 bits per heavy atom. The smallest absolute Gasteiger partial charge is 0.316 e. The lowest BCUT2D eigenvalue weighted by Gasteiger charge is -2.18. The van der Waals surface area contributed by atoms with Crippen molar-refractivity contribution in [1.82, 2.24) is 0 Å². The monoisotopic (exact) mass is 390 g/mol. The highest BCUT2D eigenvalue weighted by Crippen LogP contribution is 2.37. The zero-order valence-electron chi connectivity index (χ0n) is 14.4. The van der Waals surface area contributed by atoms with Crippen molar-refractivity contribution in [3.05, 3.63) is 62.7 Å². The summed E-state index contributed by atoms with van der Waals surface area (Å²) in [7, 11) is 0. The van der Waals surface area contributed by atoms with Crippen LogP contribution in [0.2, 0.25) is 10.0 Å². The van der Waals surface area contributed by atoms with E-state index in [1.807, 2.05) is 0 Å². The van der Waals surface area contributed by atoms with E-state index in [0.29, 0.717) is 21.6 Å². The van der Waals surface area contributed by atoms with Gasteiger partial charge in [-0.15, -0.1) is 0 Å². The molecule has 0 aliphatic carbocycles. The first-order chi connectivity index (χ1) is 12.2. The van der Waals surface area contributed by atoms with E-state index in [1.165, 1.54) is 6.07 Å². The van der Waals surface area contributed by atoms with Gasteiger partial charge in [-0.05, 0) is 51.1 Å². The molecule has 3 aromatic rings. The summed E-state index contributed by atoms with van der Waals surface area (Å²) in [5, 5.41) is 1.04. The van der Waals surface area contributed by atoms with Crippen molar-refractivity contribution in [3.8, 4) is 17.1 Å². The molecular formula is C20H16Cl2O4. The lowest BCUT2D eigenvalue weighted by Crippen LogP contribution is -2.28. The molecule has 0 unspecified atom stereocenters. The highest BCUT2D eigenvalue weighted by Gasteiger charge is 2.28. The van der Waals surface area contributed by atoms with Crippen LogP contribution in [0.15, 0.2) is 51.7 Å². The zero-order valence-corrected chi connectivity index (χ0v) is 15.9. The van der Waals surface area contributed by atoms with E-state index in [9.17, 15) is 9.59 Å². The number of fused-ring (bicyclic) bond motifs is 1. The maximum Gasteiger partial charge on any atom is 0.316 e. The first-order valence-corrected chi connectivity index (χ1v) is 8.67. The third-order valence-electron chi connectivity index (χ3n) is 3.74. The second-order valence-corrected chi connectivity index (χ2v) is 7.69. The number of carbonyl (C=O) groups is 1. The molecule has 0 spiro atoms. The van der Waals surface area contributed by atoms with E-state index in [0.717, 1.165) is 0 Å². The van der Waals surface area contributed by atoms with Crippen LogP contribution >= 0.6 is 23.2 Å². The minimum atomic E-state index is -0.793. The van der Waals surface area contributed by atoms with E-state index < -0.39 is 16.8 Å². The average Bonchev–Trinajstić information content (AvgIpc) is 2.56. The van der Waals surface area contributed by atoms with Gasteiger partial charge in [0.1, 0.15) is 5.58 Å². The zero-order chi connectivity index (χ0) is 19.1. The van der Waals surface area contributed by atoms with Gasteiger partial charge in [-0.25, -0.2) is 0 Å². The van der Waals surface area contributed by atoms with Gasteiger partial charge in [0.2, 0.25) is 11.2 Å². The van der Waals surface area contributed by atoms with Gasteiger partial charge < -0.3 is 9.15 Å². The summed E-state index contributed by atoms with van der Waals surface area (Å²) in [6.45, 7) is 5.10. The summed E-state index contributed by atoms with van der Waals surface area (Å²) in [6.07, 6.45) is 0. The van der Waals surface area contributed by atoms with E-state index in [1.54, 1.807) is 57.2 Å². The van der Waals surface area contributed by atoms with E-state index >= 15 is 0 Å². The molecule has 134 valence electrons. The van der Waals surface area contributed by atoms with E-state index in [-0.39, 0.29) is 16.5 Å². The van der Waals surface area contributed by atoms with Gasteiger partial charge in [0, 0.05) is 10.6 Å². The third kappa shape index (κ3) is 3.48. The second kappa shape index (κ2) is 6.78. The fourth-order valence-electron chi connectivity index (χ4n) is 2.31. The average molecular weight is 391 g/mol. The maximum absolute atomic E-state index is 13.0. The maximum atomic E-state index is 13.0. The lowest BCUT2D eigenvalue weighted by molar-refractivity contribution is -0.143. The van der Waals surface area contributed by atoms with Gasteiger partial charge in [-0.1, -0.05) is 35.3 Å². The fraction of sp³-hybridized carbons (Fsp3) is 0.200. The Labute approximate surface area is 160 Å². The summed E-state index contributed by atoms with van der Waals surface area (Å²) in [5.74, 6) is -0.646. The van der Waals surface area contributed by atoms with Gasteiger partial charge in [-0.2, -0.15) is 0 Å². The SMILES string of the molecule is CC(C)(C)C(=O)Oc1c(-c2ccc(Cl)cc2Cl)oc2ccccc2c1=O. The topological polar surface area (TPSA) is 56.5 Å². The molecule has 4 nitrogen and oxygen atoms in total. The largest absolute Gasteiger partial charge is 0.452 e. The van der Waals surface area contributed by atoms with Crippen LogP contribution in [0.4, 0.5) is 0 Å². The van der Waals surface area contributed by atoms with Crippen molar-refractivity contribution in [3.63, 3.8) is 0 Å². The Balaban J connectivity index is 2.31. The molecule has 0 saturated carbocycles. The van der Waals surface area contributed by atoms with Gasteiger partial charge in [0.05, 0.1) is 15.8 Å². The molecule has 0 aliphatic rings. The highest BCUT2D eigenvalue weighted by atomic mass is 35.5. The molecule has 26 heavy (non-hydrogen) atoms.